The van der Waals surface area contributed by atoms with Crippen molar-refractivity contribution < 1.29 is 0 Å². The van der Waals surface area contributed by atoms with Gasteiger partial charge in [0.1, 0.15) is 0 Å². The summed E-state index contributed by atoms with van der Waals surface area (Å²) in [6.45, 7) is 11.8. The van der Waals surface area contributed by atoms with Crippen LogP contribution in [0, 0.1) is 28.6 Å². The predicted octanol–water partition coefficient (Wildman–Crippen LogP) is 4.42. The van der Waals surface area contributed by atoms with Crippen molar-refractivity contribution in [3.05, 3.63) is 12.2 Å². The second-order valence-electron chi connectivity index (χ2n) is 7.39. The third-order valence-corrected chi connectivity index (χ3v) is 5.66. The molecule has 0 bridgehead atoms. The molecule has 0 saturated heterocycles. The fraction of sp³-hybridized carbons (Fsp3) is 0.867. The molecule has 0 nitrogen and oxygen atoms in total. The summed E-state index contributed by atoms with van der Waals surface area (Å²) in [4.78, 5) is 0. The molecular weight excluding hydrogens is 180 g/mol. The molecular formula is C15H24. The summed E-state index contributed by atoms with van der Waals surface area (Å²) >= 11 is 0. The van der Waals surface area contributed by atoms with Crippen molar-refractivity contribution in [2.45, 2.75) is 52.9 Å². The Balaban J connectivity index is 1.95. The van der Waals surface area contributed by atoms with Crippen LogP contribution in [-0.2, 0) is 0 Å². The summed E-state index contributed by atoms with van der Waals surface area (Å²) in [6, 6.07) is 0. The second-order valence-corrected chi connectivity index (χ2v) is 7.39. The molecule has 3 aliphatic rings. The van der Waals surface area contributed by atoms with Gasteiger partial charge in [0.05, 0.1) is 0 Å². The summed E-state index contributed by atoms with van der Waals surface area (Å²) in [5.74, 6) is 2.88. The normalized spacial score (nSPS) is 51.9. The van der Waals surface area contributed by atoms with E-state index >= 15 is 0 Å². The predicted molar refractivity (Wildman–Crippen MR) is 64.6 cm³/mol. The number of hydrogen-bond donors (Lipinski definition) is 0. The van der Waals surface area contributed by atoms with Gasteiger partial charge in [-0.05, 0) is 60.7 Å². The molecule has 0 aromatic heterocycles. The Kier molecular flexibility index (Phi) is 1.79. The highest BCUT2D eigenvalue weighted by Gasteiger charge is 2.61. The van der Waals surface area contributed by atoms with Gasteiger partial charge < -0.3 is 0 Å². The van der Waals surface area contributed by atoms with E-state index in [2.05, 4.69) is 27.4 Å². The van der Waals surface area contributed by atoms with Gasteiger partial charge in [-0.25, -0.2) is 0 Å². The smallest absolute Gasteiger partial charge is 0.0167 e. The zero-order valence-corrected chi connectivity index (χ0v) is 10.5. The van der Waals surface area contributed by atoms with E-state index < -0.39 is 0 Å². The van der Waals surface area contributed by atoms with Crippen molar-refractivity contribution in [3.63, 3.8) is 0 Å². The lowest BCUT2D eigenvalue weighted by molar-refractivity contribution is 0.232. The minimum atomic E-state index is 0.565. The average molecular weight is 204 g/mol. The monoisotopic (exact) mass is 204 g/mol. The average Bonchev–Trinajstić information content (AvgIpc) is 2.59. The first-order valence-electron chi connectivity index (χ1n) is 6.60. The van der Waals surface area contributed by atoms with Crippen LogP contribution in [0.25, 0.3) is 0 Å². The molecule has 3 fully saturated rings. The Morgan fingerprint density at radius 3 is 2.60 bits per heavy atom. The molecule has 0 aromatic carbocycles. The number of allylic oxidation sites excluding steroid dienone is 1. The van der Waals surface area contributed by atoms with Crippen molar-refractivity contribution in [3.8, 4) is 0 Å². The van der Waals surface area contributed by atoms with Crippen molar-refractivity contribution in [2.24, 2.45) is 28.6 Å². The Labute approximate surface area is 94.1 Å². The topological polar surface area (TPSA) is 0 Å². The Morgan fingerprint density at radius 2 is 1.87 bits per heavy atom. The molecule has 0 radical (unpaired) electrons. The van der Waals surface area contributed by atoms with Gasteiger partial charge >= 0.3 is 0 Å². The molecule has 0 aromatic rings. The molecule has 84 valence electrons. The summed E-state index contributed by atoms with van der Waals surface area (Å²) in [5, 5.41) is 0. The van der Waals surface area contributed by atoms with Crippen LogP contribution in [0.15, 0.2) is 12.2 Å². The van der Waals surface area contributed by atoms with E-state index in [1.54, 1.807) is 5.57 Å². The molecule has 0 heteroatoms. The van der Waals surface area contributed by atoms with Gasteiger partial charge in [-0.15, -0.1) is 0 Å². The number of fused-ring (bicyclic) bond motifs is 3. The van der Waals surface area contributed by atoms with Gasteiger partial charge in [-0.1, -0.05) is 32.9 Å². The molecule has 3 saturated carbocycles. The van der Waals surface area contributed by atoms with Crippen molar-refractivity contribution in [2.75, 3.05) is 0 Å². The highest BCUT2D eigenvalue weighted by atomic mass is 14.7. The fourth-order valence-electron chi connectivity index (χ4n) is 4.67. The zero-order valence-electron chi connectivity index (χ0n) is 10.5. The maximum atomic E-state index is 4.33. The van der Waals surface area contributed by atoms with Crippen LogP contribution in [-0.4, -0.2) is 0 Å². The fourth-order valence-corrected chi connectivity index (χ4v) is 4.67. The van der Waals surface area contributed by atoms with E-state index in [0.29, 0.717) is 10.8 Å². The largest absolute Gasteiger partial charge is 0.0996 e. The molecule has 0 aliphatic heterocycles. The lowest BCUT2D eigenvalue weighted by Crippen LogP contribution is -2.21. The standard InChI is InChI=1S/C15H24/c1-10-5-6-13-12(10)9-14(2,3)7-11-8-15(11,13)4/h11-13H,1,5-9H2,2-4H3/t11-,12-,13+,15+/m1/s1. The SMILES string of the molecule is C=C1CC[C@H]2[C@@H]1CC(C)(C)C[C@@H]1C[C@@]12C. The molecule has 4 atom stereocenters. The van der Waals surface area contributed by atoms with E-state index in [1.807, 2.05) is 0 Å². The maximum absolute atomic E-state index is 4.33. The van der Waals surface area contributed by atoms with Crippen LogP contribution in [0.3, 0.4) is 0 Å². The van der Waals surface area contributed by atoms with Crippen molar-refractivity contribution in [1.82, 2.24) is 0 Å². The summed E-state index contributed by atoms with van der Waals surface area (Å²) < 4.78 is 0. The molecule has 0 unspecified atom stereocenters. The zero-order chi connectivity index (χ0) is 10.8. The highest BCUT2D eigenvalue weighted by Crippen LogP contribution is 2.70. The van der Waals surface area contributed by atoms with E-state index in [1.165, 1.54) is 32.1 Å². The van der Waals surface area contributed by atoms with E-state index in [9.17, 15) is 0 Å². The van der Waals surface area contributed by atoms with Crippen molar-refractivity contribution in [1.29, 1.82) is 0 Å². The second kappa shape index (κ2) is 2.70. The van der Waals surface area contributed by atoms with E-state index in [0.717, 1.165) is 17.8 Å². The minimum absolute atomic E-state index is 0.565. The summed E-state index contributed by atoms with van der Waals surface area (Å²) in [5.41, 5.74) is 2.84. The van der Waals surface area contributed by atoms with Gasteiger partial charge in [0.2, 0.25) is 0 Å². The Hall–Kier alpha value is -0.260. The van der Waals surface area contributed by atoms with Crippen LogP contribution in [0.2, 0.25) is 0 Å². The molecule has 0 N–H and O–H groups in total. The van der Waals surface area contributed by atoms with Crippen LogP contribution in [0.5, 0.6) is 0 Å². The Bertz CT molecular complexity index is 312. The molecule has 3 aliphatic carbocycles. The van der Waals surface area contributed by atoms with E-state index in [4.69, 9.17) is 0 Å². The van der Waals surface area contributed by atoms with Crippen LogP contribution in [0.4, 0.5) is 0 Å². The van der Waals surface area contributed by atoms with Gasteiger partial charge in [0.15, 0.2) is 0 Å². The third-order valence-electron chi connectivity index (χ3n) is 5.66. The lowest BCUT2D eigenvalue weighted by atomic mass is 9.75. The van der Waals surface area contributed by atoms with E-state index in [-0.39, 0.29) is 0 Å². The lowest BCUT2D eigenvalue weighted by Gasteiger charge is -2.29. The summed E-state index contributed by atoms with van der Waals surface area (Å²) in [7, 11) is 0. The molecule has 0 spiro atoms. The molecule has 15 heavy (non-hydrogen) atoms. The highest BCUT2D eigenvalue weighted by molar-refractivity contribution is 5.20. The van der Waals surface area contributed by atoms with Gasteiger partial charge in [-0.2, -0.15) is 0 Å². The third kappa shape index (κ3) is 1.33. The van der Waals surface area contributed by atoms with Gasteiger partial charge in [-0.3, -0.25) is 0 Å². The molecule has 3 rings (SSSR count). The van der Waals surface area contributed by atoms with Crippen LogP contribution >= 0.6 is 0 Å². The van der Waals surface area contributed by atoms with Crippen molar-refractivity contribution >= 4 is 0 Å². The van der Waals surface area contributed by atoms with Gasteiger partial charge in [0, 0.05) is 0 Å². The number of rotatable bonds is 0. The maximum Gasteiger partial charge on any atom is -0.0167 e. The van der Waals surface area contributed by atoms with Crippen LogP contribution in [0.1, 0.15) is 52.9 Å². The number of hydrogen-bond acceptors (Lipinski definition) is 0. The first-order chi connectivity index (χ1) is 6.92. The summed E-state index contributed by atoms with van der Waals surface area (Å²) in [6.07, 6.45) is 7.12. The minimum Gasteiger partial charge on any atom is -0.0996 e. The molecule has 0 heterocycles. The first kappa shape index (κ1) is 9.93. The Morgan fingerprint density at radius 1 is 1.13 bits per heavy atom. The van der Waals surface area contributed by atoms with Crippen LogP contribution < -0.4 is 0 Å². The molecule has 0 amide bonds. The quantitative estimate of drug-likeness (QED) is 0.513. The first-order valence-corrected chi connectivity index (χ1v) is 6.60. The van der Waals surface area contributed by atoms with Gasteiger partial charge in [0.25, 0.3) is 0 Å².